The van der Waals surface area contributed by atoms with Crippen molar-refractivity contribution < 1.29 is 4.79 Å². The van der Waals surface area contributed by atoms with Crippen LogP contribution in [0, 0.1) is 22.7 Å². The molecule has 0 unspecified atom stereocenters. The van der Waals surface area contributed by atoms with Gasteiger partial charge in [-0.05, 0) is 32.1 Å². The van der Waals surface area contributed by atoms with Gasteiger partial charge in [-0.25, -0.2) is 0 Å². The van der Waals surface area contributed by atoms with Crippen molar-refractivity contribution in [3.63, 3.8) is 0 Å². The monoisotopic (exact) mass is 164 g/mol. The van der Waals surface area contributed by atoms with Crippen molar-refractivity contribution in [2.45, 2.75) is 32.2 Å². The summed E-state index contributed by atoms with van der Waals surface area (Å²) in [5.41, 5.74) is -0.667. The minimum atomic E-state index is -0.667. The van der Waals surface area contributed by atoms with Gasteiger partial charge in [-0.3, -0.25) is 4.79 Å². The lowest BCUT2D eigenvalue weighted by Crippen LogP contribution is -2.32. The van der Waals surface area contributed by atoms with Crippen molar-refractivity contribution in [3.8, 4) is 6.07 Å². The van der Waals surface area contributed by atoms with Gasteiger partial charge in [-0.1, -0.05) is 0 Å². The van der Waals surface area contributed by atoms with Crippen LogP contribution in [0.4, 0.5) is 0 Å². The Morgan fingerprint density at radius 1 is 1.67 bits per heavy atom. The molecule has 1 N–H and O–H groups in total. The predicted molar refractivity (Wildman–Crippen MR) is 43.0 cm³/mol. The first-order valence-corrected chi connectivity index (χ1v) is 4.41. The normalized spacial score (nSPS) is 40.7. The molecule has 0 bridgehead atoms. The molecule has 2 aliphatic rings. The van der Waals surface area contributed by atoms with E-state index in [1.165, 1.54) is 0 Å². The summed E-state index contributed by atoms with van der Waals surface area (Å²) in [6, 6.07) is 2.39. The molecule has 0 spiro atoms. The van der Waals surface area contributed by atoms with Crippen LogP contribution in [0.25, 0.3) is 0 Å². The van der Waals surface area contributed by atoms with E-state index in [0.717, 1.165) is 12.8 Å². The third-order valence-electron chi connectivity index (χ3n) is 2.88. The Morgan fingerprint density at radius 2 is 2.33 bits per heavy atom. The van der Waals surface area contributed by atoms with Crippen LogP contribution in [0.15, 0.2) is 0 Å². The van der Waals surface area contributed by atoms with Crippen molar-refractivity contribution in [2.75, 3.05) is 0 Å². The first-order valence-electron chi connectivity index (χ1n) is 4.41. The highest BCUT2D eigenvalue weighted by atomic mass is 16.2. The number of nitrogens with zero attached hydrogens (tertiary/aromatic N) is 1. The minimum Gasteiger partial charge on any atom is -0.352 e. The zero-order valence-electron chi connectivity index (χ0n) is 7.13. The van der Waals surface area contributed by atoms with Crippen LogP contribution in [0.1, 0.15) is 26.2 Å². The fourth-order valence-corrected chi connectivity index (χ4v) is 2.10. The Balaban J connectivity index is 2.28. The van der Waals surface area contributed by atoms with E-state index < -0.39 is 5.41 Å². The summed E-state index contributed by atoms with van der Waals surface area (Å²) in [6.07, 6.45) is 2.80. The van der Waals surface area contributed by atoms with Crippen LogP contribution in [-0.4, -0.2) is 11.9 Å². The van der Waals surface area contributed by atoms with E-state index >= 15 is 0 Å². The molecule has 0 aromatic rings. The van der Waals surface area contributed by atoms with Crippen molar-refractivity contribution in [3.05, 3.63) is 0 Å². The van der Waals surface area contributed by atoms with E-state index in [9.17, 15) is 4.79 Å². The molecule has 12 heavy (non-hydrogen) atoms. The number of nitriles is 1. The molecule has 1 aliphatic heterocycles. The van der Waals surface area contributed by atoms with Gasteiger partial charge in [-0.15, -0.1) is 0 Å². The Morgan fingerprint density at radius 3 is 2.67 bits per heavy atom. The van der Waals surface area contributed by atoms with Crippen LogP contribution < -0.4 is 5.32 Å². The van der Waals surface area contributed by atoms with Crippen molar-refractivity contribution in [2.24, 2.45) is 11.3 Å². The second-order valence-electron chi connectivity index (χ2n) is 3.94. The number of hydrogen-bond acceptors (Lipinski definition) is 2. The molecule has 2 fully saturated rings. The van der Waals surface area contributed by atoms with Crippen molar-refractivity contribution >= 4 is 5.91 Å². The molecule has 1 saturated heterocycles. The molecule has 0 aromatic carbocycles. The Bertz CT molecular complexity index is 264. The third kappa shape index (κ3) is 0.842. The number of hydrogen-bond donors (Lipinski definition) is 1. The summed E-state index contributed by atoms with van der Waals surface area (Å²) in [5.74, 6) is 0.299. The number of amides is 1. The van der Waals surface area contributed by atoms with Gasteiger partial charge in [0.25, 0.3) is 0 Å². The molecule has 0 radical (unpaired) electrons. The average molecular weight is 164 g/mol. The first-order chi connectivity index (χ1) is 5.69. The fourth-order valence-electron chi connectivity index (χ4n) is 2.10. The number of carbonyl (C=O) groups excluding carboxylic acids is 1. The van der Waals surface area contributed by atoms with E-state index in [0.29, 0.717) is 12.3 Å². The third-order valence-corrected chi connectivity index (χ3v) is 2.88. The number of rotatable bonds is 1. The highest BCUT2D eigenvalue weighted by molar-refractivity contribution is 5.88. The maximum absolute atomic E-state index is 11.5. The van der Waals surface area contributed by atoms with E-state index in [1.807, 2.05) is 6.92 Å². The summed E-state index contributed by atoms with van der Waals surface area (Å²) in [7, 11) is 0. The molecule has 1 saturated carbocycles. The van der Waals surface area contributed by atoms with Crippen LogP contribution in [-0.2, 0) is 4.79 Å². The molecule has 3 nitrogen and oxygen atoms in total. The second kappa shape index (κ2) is 2.22. The fraction of sp³-hybridized carbons (Fsp3) is 0.778. The summed E-state index contributed by atoms with van der Waals surface area (Å²) in [6.45, 7) is 1.96. The number of nitrogens with one attached hydrogen (secondary N) is 1. The molecule has 3 heteroatoms. The van der Waals surface area contributed by atoms with Crippen molar-refractivity contribution in [1.82, 2.24) is 5.32 Å². The molecule has 1 heterocycles. The lowest BCUT2D eigenvalue weighted by molar-refractivity contribution is -0.126. The lowest BCUT2D eigenvalue weighted by atomic mass is 9.81. The smallest absolute Gasteiger partial charge is 0.241 e. The lowest BCUT2D eigenvalue weighted by Gasteiger charge is -2.15. The highest BCUT2D eigenvalue weighted by Gasteiger charge is 2.55. The van der Waals surface area contributed by atoms with Gasteiger partial charge >= 0.3 is 0 Å². The summed E-state index contributed by atoms with van der Waals surface area (Å²) < 4.78 is 0. The molecule has 2 atom stereocenters. The first kappa shape index (κ1) is 7.60. The van der Waals surface area contributed by atoms with Gasteiger partial charge < -0.3 is 5.32 Å². The highest BCUT2D eigenvalue weighted by Crippen LogP contribution is 2.50. The van der Waals surface area contributed by atoms with E-state index in [-0.39, 0.29) is 11.9 Å². The topological polar surface area (TPSA) is 52.9 Å². The summed E-state index contributed by atoms with van der Waals surface area (Å²) in [4.78, 5) is 11.5. The number of carbonyl (C=O) groups is 1. The average Bonchev–Trinajstić information content (AvgIpc) is 2.79. The molecule has 0 aromatic heterocycles. The van der Waals surface area contributed by atoms with Gasteiger partial charge in [0.2, 0.25) is 5.91 Å². The molecule has 64 valence electrons. The molecule has 1 aliphatic carbocycles. The van der Waals surface area contributed by atoms with Gasteiger partial charge in [0.05, 0.1) is 6.07 Å². The zero-order valence-corrected chi connectivity index (χ0v) is 7.13. The standard InChI is InChI=1S/C9H12N2O/c1-6-4-9(5-10,7-2-3-7)8(12)11-6/h6-7H,2-4H2,1H3,(H,11,12)/t6-,9-/m0/s1. The Kier molecular flexibility index (Phi) is 1.41. The van der Waals surface area contributed by atoms with Crippen LogP contribution >= 0.6 is 0 Å². The summed E-state index contributed by atoms with van der Waals surface area (Å²) in [5, 5.41) is 11.8. The summed E-state index contributed by atoms with van der Waals surface area (Å²) >= 11 is 0. The molecule has 2 rings (SSSR count). The molecule has 1 amide bonds. The largest absolute Gasteiger partial charge is 0.352 e. The van der Waals surface area contributed by atoms with E-state index in [1.54, 1.807) is 0 Å². The SMILES string of the molecule is C[C@H]1C[C@](C#N)(C2CC2)C(=O)N1. The minimum absolute atomic E-state index is 0.0417. The van der Waals surface area contributed by atoms with E-state index in [2.05, 4.69) is 11.4 Å². The van der Waals surface area contributed by atoms with Gasteiger partial charge in [0.15, 0.2) is 0 Å². The second-order valence-corrected chi connectivity index (χ2v) is 3.94. The molecular weight excluding hydrogens is 152 g/mol. The predicted octanol–water partition coefficient (Wildman–Crippen LogP) is 0.815. The quantitative estimate of drug-likeness (QED) is 0.623. The zero-order chi connectivity index (χ0) is 8.77. The van der Waals surface area contributed by atoms with Gasteiger partial charge in [-0.2, -0.15) is 5.26 Å². The maximum atomic E-state index is 11.5. The molecular formula is C9H12N2O. The van der Waals surface area contributed by atoms with Crippen LogP contribution in [0.5, 0.6) is 0 Å². The van der Waals surface area contributed by atoms with Gasteiger partial charge in [0, 0.05) is 6.04 Å². The van der Waals surface area contributed by atoms with Crippen LogP contribution in [0.2, 0.25) is 0 Å². The van der Waals surface area contributed by atoms with E-state index in [4.69, 9.17) is 5.26 Å². The van der Waals surface area contributed by atoms with Crippen molar-refractivity contribution in [1.29, 1.82) is 5.26 Å². The Hall–Kier alpha value is -1.04. The van der Waals surface area contributed by atoms with Gasteiger partial charge in [0.1, 0.15) is 5.41 Å². The maximum Gasteiger partial charge on any atom is 0.241 e. The van der Waals surface area contributed by atoms with Crippen LogP contribution in [0.3, 0.4) is 0 Å². The Labute approximate surface area is 71.8 Å².